The van der Waals surface area contributed by atoms with Crippen LogP contribution in [-0.4, -0.2) is 39.6 Å². The van der Waals surface area contributed by atoms with Gasteiger partial charge in [-0.3, -0.25) is 0 Å². The lowest BCUT2D eigenvalue weighted by Gasteiger charge is -2.11. The summed E-state index contributed by atoms with van der Waals surface area (Å²) in [5.41, 5.74) is 0. The Morgan fingerprint density at radius 2 is 1.67 bits per heavy atom. The monoisotopic (exact) mass is 138 g/mol. The molecule has 0 bridgehead atoms. The first-order chi connectivity index (χ1) is 3.72. The van der Waals surface area contributed by atoms with Gasteiger partial charge >= 0.3 is 0 Å². The Hall–Kier alpha value is -0.160. The number of aliphatic hydroxyl groups is 3. The number of aliphatic hydroxyl groups excluding tert-OH is 3. The minimum Gasteiger partial charge on any atom is -0.412 e. The Bertz CT molecular complexity index is 48.9. The highest BCUT2D eigenvalue weighted by Gasteiger charge is 2.10. The van der Waals surface area contributed by atoms with Crippen LogP contribution >= 0.6 is 0 Å². The molecule has 0 aromatic carbocycles. The van der Waals surface area contributed by atoms with E-state index in [1.165, 1.54) is 0 Å². The fraction of sp³-hybridized carbons (Fsp3) is 1.00. The smallest absolute Gasteiger partial charge is 0.103 e. The third-order valence-electron chi connectivity index (χ3n) is 1.05. The minimum atomic E-state index is -0.972. The van der Waals surface area contributed by atoms with E-state index in [4.69, 9.17) is 15.3 Å². The summed E-state index contributed by atoms with van der Waals surface area (Å²) in [4.78, 5) is 0. The second-order valence-corrected chi connectivity index (χ2v) is 1.73. The molecule has 2 unspecified atom stereocenters. The Labute approximate surface area is 54.1 Å². The van der Waals surface area contributed by atoms with Gasteiger partial charge in [0.25, 0.3) is 0 Å². The van der Waals surface area contributed by atoms with Crippen LogP contribution < -0.4 is 0 Å². The van der Waals surface area contributed by atoms with E-state index in [-0.39, 0.29) is 12.1 Å². The lowest BCUT2D eigenvalue weighted by molar-refractivity contribution is -0.0151. The van der Waals surface area contributed by atoms with E-state index in [1.54, 1.807) is 6.92 Å². The Balaban J connectivity index is 0. The van der Waals surface area contributed by atoms with E-state index < -0.39 is 12.2 Å². The molecule has 0 aliphatic carbocycles. The SMILES string of the molecule is CCC(O)C(O)CO.O. The third kappa shape index (κ3) is 4.35. The molecule has 2 atom stereocenters. The van der Waals surface area contributed by atoms with E-state index in [2.05, 4.69) is 0 Å². The van der Waals surface area contributed by atoms with Crippen molar-refractivity contribution in [1.29, 1.82) is 0 Å². The first kappa shape index (κ1) is 11.6. The molecule has 0 saturated heterocycles. The fourth-order valence-electron chi connectivity index (χ4n) is 0.394. The summed E-state index contributed by atoms with van der Waals surface area (Å²) in [5.74, 6) is 0. The molecular formula is C5H14O4. The maximum atomic E-state index is 8.72. The predicted octanol–water partition coefficient (Wildman–Crippen LogP) is -1.71. The van der Waals surface area contributed by atoms with E-state index in [0.29, 0.717) is 6.42 Å². The topological polar surface area (TPSA) is 92.2 Å². The molecule has 0 aromatic rings. The molecule has 4 nitrogen and oxygen atoms in total. The average Bonchev–Trinajstić information content (AvgIpc) is 1.84. The first-order valence-corrected chi connectivity index (χ1v) is 2.69. The molecule has 0 fully saturated rings. The molecule has 0 heterocycles. The van der Waals surface area contributed by atoms with Crippen molar-refractivity contribution >= 4 is 0 Å². The fourth-order valence-corrected chi connectivity index (χ4v) is 0.394. The van der Waals surface area contributed by atoms with Crippen molar-refractivity contribution in [2.75, 3.05) is 6.61 Å². The summed E-state index contributed by atoms with van der Waals surface area (Å²) >= 11 is 0. The van der Waals surface area contributed by atoms with Gasteiger partial charge in [0.15, 0.2) is 0 Å². The molecule has 0 aliphatic rings. The Morgan fingerprint density at radius 1 is 1.22 bits per heavy atom. The first-order valence-electron chi connectivity index (χ1n) is 2.69. The van der Waals surface area contributed by atoms with Crippen LogP contribution in [0.4, 0.5) is 0 Å². The lowest BCUT2D eigenvalue weighted by atomic mass is 10.2. The van der Waals surface area contributed by atoms with Crippen LogP contribution in [0.5, 0.6) is 0 Å². The van der Waals surface area contributed by atoms with Crippen molar-refractivity contribution < 1.29 is 20.8 Å². The molecule has 0 spiro atoms. The second-order valence-electron chi connectivity index (χ2n) is 1.73. The number of hydrogen-bond donors (Lipinski definition) is 3. The molecule has 0 aromatic heterocycles. The molecule has 0 rings (SSSR count). The van der Waals surface area contributed by atoms with Crippen LogP contribution in [0.25, 0.3) is 0 Å². The van der Waals surface area contributed by atoms with Gasteiger partial charge in [0.2, 0.25) is 0 Å². The number of rotatable bonds is 3. The largest absolute Gasteiger partial charge is 0.412 e. The maximum absolute atomic E-state index is 8.72. The summed E-state index contributed by atoms with van der Waals surface area (Å²) in [6.45, 7) is 1.37. The standard InChI is InChI=1S/C5H12O3.H2O/c1-2-4(7)5(8)3-6;/h4-8H,2-3H2,1H3;1H2. The van der Waals surface area contributed by atoms with Crippen LogP contribution in [0.1, 0.15) is 13.3 Å². The van der Waals surface area contributed by atoms with Gasteiger partial charge in [0.1, 0.15) is 6.10 Å². The Morgan fingerprint density at radius 3 is 1.78 bits per heavy atom. The quantitative estimate of drug-likeness (QED) is 0.433. The van der Waals surface area contributed by atoms with Gasteiger partial charge in [-0.2, -0.15) is 0 Å². The highest BCUT2D eigenvalue weighted by atomic mass is 16.4. The minimum absolute atomic E-state index is 0. The molecule has 5 N–H and O–H groups in total. The van der Waals surface area contributed by atoms with Crippen LogP contribution in [0.3, 0.4) is 0 Å². The van der Waals surface area contributed by atoms with Crippen LogP contribution in [-0.2, 0) is 0 Å². The van der Waals surface area contributed by atoms with Crippen molar-refractivity contribution in [2.24, 2.45) is 0 Å². The van der Waals surface area contributed by atoms with Gasteiger partial charge in [-0.05, 0) is 6.42 Å². The summed E-state index contributed by atoms with van der Waals surface area (Å²) < 4.78 is 0. The van der Waals surface area contributed by atoms with E-state index in [0.717, 1.165) is 0 Å². The summed E-state index contributed by atoms with van der Waals surface area (Å²) in [7, 11) is 0. The number of hydrogen-bond acceptors (Lipinski definition) is 3. The summed E-state index contributed by atoms with van der Waals surface area (Å²) in [6.07, 6.45) is -1.28. The lowest BCUT2D eigenvalue weighted by Crippen LogP contribution is -2.28. The highest BCUT2D eigenvalue weighted by Crippen LogP contribution is 1.95. The average molecular weight is 138 g/mol. The van der Waals surface area contributed by atoms with Crippen molar-refractivity contribution in [3.05, 3.63) is 0 Å². The van der Waals surface area contributed by atoms with Gasteiger partial charge < -0.3 is 20.8 Å². The van der Waals surface area contributed by atoms with E-state index >= 15 is 0 Å². The van der Waals surface area contributed by atoms with Gasteiger partial charge in [0, 0.05) is 0 Å². The van der Waals surface area contributed by atoms with Crippen molar-refractivity contribution in [3.63, 3.8) is 0 Å². The van der Waals surface area contributed by atoms with Crippen LogP contribution in [0.15, 0.2) is 0 Å². The van der Waals surface area contributed by atoms with Crippen molar-refractivity contribution in [3.8, 4) is 0 Å². The summed E-state index contributed by atoms with van der Waals surface area (Å²) in [6, 6.07) is 0. The summed E-state index contributed by atoms with van der Waals surface area (Å²) in [5, 5.41) is 25.6. The Kier molecular flexibility index (Phi) is 7.70. The van der Waals surface area contributed by atoms with Gasteiger partial charge in [-0.15, -0.1) is 0 Å². The van der Waals surface area contributed by atoms with Crippen LogP contribution in [0, 0.1) is 0 Å². The third-order valence-corrected chi connectivity index (χ3v) is 1.05. The molecule has 4 heteroatoms. The van der Waals surface area contributed by atoms with E-state index in [1.807, 2.05) is 0 Å². The molecule has 0 aliphatic heterocycles. The molecule has 0 radical (unpaired) electrons. The molecule has 9 heavy (non-hydrogen) atoms. The zero-order valence-corrected chi connectivity index (χ0v) is 5.41. The second kappa shape index (κ2) is 5.97. The zero-order chi connectivity index (χ0) is 6.57. The molecule has 0 saturated carbocycles. The van der Waals surface area contributed by atoms with Crippen molar-refractivity contribution in [1.82, 2.24) is 0 Å². The van der Waals surface area contributed by atoms with Crippen molar-refractivity contribution in [2.45, 2.75) is 25.6 Å². The van der Waals surface area contributed by atoms with Gasteiger partial charge in [0.05, 0.1) is 12.7 Å². The normalized spacial score (nSPS) is 16.0. The van der Waals surface area contributed by atoms with E-state index in [9.17, 15) is 0 Å². The predicted molar refractivity (Wildman–Crippen MR) is 33.0 cm³/mol. The van der Waals surface area contributed by atoms with Gasteiger partial charge in [-0.25, -0.2) is 0 Å². The molecule has 0 amide bonds. The van der Waals surface area contributed by atoms with Gasteiger partial charge in [-0.1, -0.05) is 6.92 Å². The molecular weight excluding hydrogens is 124 g/mol. The molecule has 58 valence electrons. The zero-order valence-electron chi connectivity index (χ0n) is 5.41. The highest BCUT2D eigenvalue weighted by molar-refractivity contribution is 4.62. The maximum Gasteiger partial charge on any atom is 0.103 e. The van der Waals surface area contributed by atoms with Crippen LogP contribution in [0.2, 0.25) is 0 Å².